The number of esters is 1. The van der Waals surface area contributed by atoms with Gasteiger partial charge in [-0.25, -0.2) is 0 Å². The van der Waals surface area contributed by atoms with Gasteiger partial charge in [0.2, 0.25) is 0 Å². The highest BCUT2D eigenvalue weighted by atomic mass is 16.5. The third-order valence-corrected chi connectivity index (χ3v) is 3.13. The third-order valence-electron chi connectivity index (χ3n) is 3.13. The summed E-state index contributed by atoms with van der Waals surface area (Å²) in [7, 11) is 1.23. The Hall–Kier alpha value is -0.940. The number of carbonyl (C=O) groups is 2. The van der Waals surface area contributed by atoms with Crippen molar-refractivity contribution < 1.29 is 24.5 Å². The van der Waals surface area contributed by atoms with Crippen molar-refractivity contribution in [2.45, 2.75) is 70.5 Å². The Morgan fingerprint density at radius 2 is 1.63 bits per heavy atom. The topological polar surface area (TPSA) is 83.8 Å². The van der Waals surface area contributed by atoms with Crippen molar-refractivity contribution >= 4 is 11.8 Å². The Morgan fingerprint density at radius 3 is 2.05 bits per heavy atom. The third kappa shape index (κ3) is 7.28. The first-order valence-electron chi connectivity index (χ1n) is 6.69. The van der Waals surface area contributed by atoms with Gasteiger partial charge in [-0.3, -0.25) is 9.59 Å². The molecule has 0 fully saturated rings. The summed E-state index contributed by atoms with van der Waals surface area (Å²) >= 11 is 0. The van der Waals surface area contributed by atoms with E-state index in [1.54, 1.807) is 20.8 Å². The first-order valence-corrected chi connectivity index (χ1v) is 6.69. The van der Waals surface area contributed by atoms with Crippen molar-refractivity contribution in [2.75, 3.05) is 7.11 Å². The second kappa shape index (κ2) is 7.60. The fraction of sp³-hybridized carbons (Fsp3) is 0.857. The van der Waals surface area contributed by atoms with Crippen molar-refractivity contribution in [2.24, 2.45) is 0 Å². The summed E-state index contributed by atoms with van der Waals surface area (Å²) in [6.07, 6.45) is 1.93. The van der Waals surface area contributed by atoms with Crippen molar-refractivity contribution in [3.63, 3.8) is 0 Å². The van der Waals surface area contributed by atoms with Gasteiger partial charge in [0.25, 0.3) is 0 Å². The maximum atomic E-state index is 11.8. The van der Waals surface area contributed by atoms with Crippen molar-refractivity contribution in [3.05, 3.63) is 0 Å². The maximum absolute atomic E-state index is 11.8. The molecule has 19 heavy (non-hydrogen) atoms. The number of rotatable bonds is 9. The van der Waals surface area contributed by atoms with Crippen molar-refractivity contribution in [3.8, 4) is 0 Å². The smallest absolute Gasteiger partial charge is 0.308 e. The van der Waals surface area contributed by atoms with Crippen LogP contribution in [0, 0.1) is 0 Å². The zero-order valence-electron chi connectivity index (χ0n) is 12.4. The highest BCUT2D eigenvalue weighted by molar-refractivity contribution is 5.90. The molecule has 0 radical (unpaired) electrons. The molecule has 0 rings (SSSR count). The molecule has 0 aliphatic rings. The lowest BCUT2D eigenvalue weighted by molar-refractivity contribution is -0.154. The summed E-state index contributed by atoms with van der Waals surface area (Å²) in [6, 6.07) is 0. The van der Waals surface area contributed by atoms with E-state index in [1.165, 1.54) is 7.11 Å². The highest BCUT2D eigenvalue weighted by Crippen LogP contribution is 2.24. The Bertz CT molecular complexity index is 305. The van der Waals surface area contributed by atoms with Crippen molar-refractivity contribution in [1.82, 2.24) is 0 Å². The van der Waals surface area contributed by atoms with Crippen LogP contribution in [-0.2, 0) is 14.3 Å². The van der Waals surface area contributed by atoms with Crippen LogP contribution in [0.3, 0.4) is 0 Å². The summed E-state index contributed by atoms with van der Waals surface area (Å²) in [4.78, 5) is 23.0. The molecule has 1 atom stereocenters. The lowest BCUT2D eigenvalue weighted by Crippen LogP contribution is -2.40. The lowest BCUT2D eigenvalue weighted by atomic mass is 9.86. The van der Waals surface area contributed by atoms with E-state index in [4.69, 9.17) is 0 Å². The molecular weight excluding hydrogens is 248 g/mol. The predicted octanol–water partition coefficient (Wildman–Crippen LogP) is 1.59. The van der Waals surface area contributed by atoms with Crippen LogP contribution >= 0.6 is 0 Å². The first-order chi connectivity index (χ1) is 8.64. The highest BCUT2D eigenvalue weighted by Gasteiger charge is 2.36. The zero-order chi connectivity index (χ0) is 15.1. The standard InChI is InChI=1S/C14H26O5/c1-5-11(15)14(18,10-12(16)19-4)9-7-6-8-13(2,3)17/h17-18H,5-10H2,1-4H3. The molecule has 1 unspecified atom stereocenters. The van der Waals surface area contributed by atoms with Gasteiger partial charge < -0.3 is 14.9 Å². The van der Waals surface area contributed by atoms with E-state index in [1.807, 2.05) is 0 Å². The van der Waals surface area contributed by atoms with Crippen LogP contribution in [0.1, 0.15) is 59.3 Å². The summed E-state index contributed by atoms with van der Waals surface area (Å²) in [5.74, 6) is -0.937. The normalized spacial score (nSPS) is 14.8. The van der Waals surface area contributed by atoms with Crippen LogP contribution < -0.4 is 0 Å². The molecule has 5 heteroatoms. The van der Waals surface area contributed by atoms with E-state index in [0.29, 0.717) is 19.3 Å². The minimum Gasteiger partial charge on any atom is -0.469 e. The van der Waals surface area contributed by atoms with E-state index in [-0.39, 0.29) is 25.0 Å². The average Bonchev–Trinajstić information content (AvgIpc) is 2.32. The Balaban J connectivity index is 4.44. The molecule has 5 nitrogen and oxygen atoms in total. The number of Topliss-reactive ketones (excluding diaryl/α,β-unsaturated/α-hetero) is 1. The fourth-order valence-electron chi connectivity index (χ4n) is 1.94. The Kier molecular flexibility index (Phi) is 7.23. The molecular formula is C14H26O5. The molecule has 112 valence electrons. The number of ether oxygens (including phenoxy) is 1. The van der Waals surface area contributed by atoms with Crippen LogP contribution in [0.2, 0.25) is 0 Å². The summed E-state index contributed by atoms with van der Waals surface area (Å²) < 4.78 is 4.51. The van der Waals surface area contributed by atoms with Gasteiger partial charge in [0.1, 0.15) is 5.60 Å². The van der Waals surface area contributed by atoms with Crippen LogP contribution in [0.15, 0.2) is 0 Å². The van der Waals surface area contributed by atoms with Gasteiger partial charge in [0, 0.05) is 6.42 Å². The van der Waals surface area contributed by atoms with Gasteiger partial charge in [0.15, 0.2) is 5.78 Å². The molecule has 0 aliphatic heterocycles. The van der Waals surface area contributed by atoms with Gasteiger partial charge in [-0.2, -0.15) is 0 Å². The van der Waals surface area contributed by atoms with Crippen LogP contribution in [-0.4, -0.2) is 40.3 Å². The largest absolute Gasteiger partial charge is 0.469 e. The van der Waals surface area contributed by atoms with Gasteiger partial charge >= 0.3 is 5.97 Å². The van der Waals surface area contributed by atoms with E-state index in [2.05, 4.69) is 4.74 Å². The van der Waals surface area contributed by atoms with E-state index in [9.17, 15) is 19.8 Å². The van der Waals surface area contributed by atoms with Gasteiger partial charge in [-0.1, -0.05) is 13.3 Å². The SMILES string of the molecule is CCC(=O)C(O)(CCCCC(C)(C)O)CC(=O)OC. The zero-order valence-corrected chi connectivity index (χ0v) is 12.4. The van der Waals surface area contributed by atoms with E-state index < -0.39 is 17.2 Å². The monoisotopic (exact) mass is 274 g/mol. The number of unbranched alkanes of at least 4 members (excludes halogenated alkanes) is 1. The lowest BCUT2D eigenvalue weighted by Gasteiger charge is -2.25. The van der Waals surface area contributed by atoms with Gasteiger partial charge in [-0.05, 0) is 33.1 Å². The Labute approximate surface area is 115 Å². The maximum Gasteiger partial charge on any atom is 0.308 e. The predicted molar refractivity (Wildman–Crippen MR) is 71.6 cm³/mol. The summed E-state index contributed by atoms with van der Waals surface area (Å²) in [6.45, 7) is 5.08. The molecule has 0 bridgehead atoms. The van der Waals surface area contributed by atoms with Crippen LogP contribution in [0.4, 0.5) is 0 Å². The molecule has 0 saturated heterocycles. The number of hydrogen-bond donors (Lipinski definition) is 2. The second-order valence-electron chi connectivity index (χ2n) is 5.58. The molecule has 0 aromatic heterocycles. The number of aliphatic hydroxyl groups is 2. The molecule has 0 spiro atoms. The van der Waals surface area contributed by atoms with Gasteiger partial charge in [-0.15, -0.1) is 0 Å². The number of ketones is 1. The minimum absolute atomic E-state index is 0.180. The molecule has 0 heterocycles. The van der Waals surface area contributed by atoms with E-state index >= 15 is 0 Å². The first kappa shape index (κ1) is 18.1. The molecule has 2 N–H and O–H groups in total. The fourth-order valence-corrected chi connectivity index (χ4v) is 1.94. The van der Waals surface area contributed by atoms with Crippen LogP contribution in [0.5, 0.6) is 0 Å². The molecule has 0 aromatic rings. The van der Waals surface area contributed by atoms with Crippen LogP contribution in [0.25, 0.3) is 0 Å². The van der Waals surface area contributed by atoms with Crippen molar-refractivity contribution in [1.29, 1.82) is 0 Å². The van der Waals surface area contributed by atoms with Gasteiger partial charge in [0.05, 0.1) is 19.1 Å². The van der Waals surface area contributed by atoms with E-state index in [0.717, 1.165) is 0 Å². The molecule has 0 amide bonds. The number of methoxy groups -OCH3 is 1. The number of carbonyl (C=O) groups excluding carboxylic acids is 2. The minimum atomic E-state index is -1.64. The molecule has 0 saturated carbocycles. The Morgan fingerprint density at radius 1 is 1.11 bits per heavy atom. The quantitative estimate of drug-likeness (QED) is 0.493. The second-order valence-corrected chi connectivity index (χ2v) is 5.58. The number of hydrogen-bond acceptors (Lipinski definition) is 5. The molecule has 0 aliphatic carbocycles. The summed E-state index contributed by atoms with van der Waals surface area (Å²) in [5.41, 5.74) is -2.39. The average molecular weight is 274 g/mol. The summed E-state index contributed by atoms with van der Waals surface area (Å²) in [5, 5.41) is 19.9. The molecule has 0 aromatic carbocycles.